The maximum Gasteiger partial charge on any atom is 0.342 e. The third kappa shape index (κ3) is 11.4. The van der Waals surface area contributed by atoms with E-state index in [1.807, 2.05) is 0 Å². The number of carbonyl (C=O) groups excluding carboxylic acids is 7. The number of ether oxygens (including phenoxy) is 8. The van der Waals surface area contributed by atoms with Crippen LogP contribution in [0.25, 0.3) is 16.8 Å². The molecule has 18 nitrogen and oxygen atoms in total. The number of rotatable bonds is 17. The first-order valence-electron chi connectivity index (χ1n) is 17.2. The van der Waals surface area contributed by atoms with Gasteiger partial charge in [-0.25, -0.2) is 9.59 Å². The van der Waals surface area contributed by atoms with Gasteiger partial charge in [0.2, 0.25) is 0 Å². The second kappa shape index (κ2) is 20.3. The van der Waals surface area contributed by atoms with Gasteiger partial charge >= 0.3 is 41.8 Å². The van der Waals surface area contributed by atoms with E-state index in [0.717, 1.165) is 53.4 Å². The molecule has 1 aromatic heterocycles. The number of methoxy groups -OCH3 is 3. The Morgan fingerprint density at radius 2 is 1.12 bits per heavy atom. The lowest BCUT2D eigenvalue weighted by atomic mass is 9.95. The number of aromatic nitrogens is 1. The van der Waals surface area contributed by atoms with E-state index in [4.69, 9.17) is 37.9 Å². The van der Waals surface area contributed by atoms with Crippen LogP contribution in [0.15, 0.2) is 59.4 Å². The number of esters is 7. The summed E-state index contributed by atoms with van der Waals surface area (Å²) in [5.41, 5.74) is -1.56. The Labute approximate surface area is 327 Å². The summed E-state index contributed by atoms with van der Waals surface area (Å²) in [4.78, 5) is 106. The number of benzene rings is 2. The molecule has 0 spiro atoms. The van der Waals surface area contributed by atoms with Crippen molar-refractivity contribution in [3.05, 3.63) is 76.1 Å². The molecule has 3 aromatic rings. The minimum Gasteiger partial charge on any atom is -0.497 e. The average Bonchev–Trinajstić information content (AvgIpc) is 3.16. The molecule has 0 amide bonds. The predicted molar refractivity (Wildman–Crippen MR) is 199 cm³/mol. The van der Waals surface area contributed by atoms with Crippen LogP contribution in [0.5, 0.6) is 5.75 Å². The Bertz CT molecular complexity index is 2030. The lowest BCUT2D eigenvalue weighted by molar-refractivity contribution is -0.201. The van der Waals surface area contributed by atoms with Crippen LogP contribution in [0.3, 0.4) is 0 Å². The standard InChI is InChI=1S/C39H44N2O16/c1-21(42)53-20-30(55-23(3)44)35(57-25(5)46)34(56-24(4)45)29(54-22(2)43)19-40(6)36-33(39(49)52-9)32(38(48)51-8)31(26-13-11-10-12-14-26)37(47)41(36)27-15-17-28(50-7)18-16-27/h10-18,29-30,34-35H,19-20H2,1-9H3/t29-,30+,34+,35+/m0/s1. The highest BCUT2D eigenvalue weighted by molar-refractivity contribution is 6.11. The van der Waals surface area contributed by atoms with Crippen molar-refractivity contribution >= 4 is 47.6 Å². The SMILES string of the molecule is COC(=O)c1c(C(=O)OC)c(N(C)C[C@H](OC(C)=O)[C@@H](OC(C)=O)[C@H](OC(C)=O)[C@@H](COC(C)=O)OC(C)=O)n(-c2ccc(OC)cc2)c(=O)c1-c1ccccc1. The first-order chi connectivity index (χ1) is 26.9. The molecule has 306 valence electrons. The molecule has 0 aliphatic heterocycles. The zero-order valence-electron chi connectivity index (χ0n) is 32.8. The molecular formula is C39H44N2O16. The molecule has 0 radical (unpaired) electrons. The van der Waals surface area contributed by atoms with E-state index in [-0.39, 0.29) is 22.6 Å². The summed E-state index contributed by atoms with van der Waals surface area (Å²) in [6, 6.07) is 14.1. The van der Waals surface area contributed by atoms with Gasteiger partial charge in [0.15, 0.2) is 24.4 Å². The van der Waals surface area contributed by atoms with Gasteiger partial charge in [-0.1, -0.05) is 30.3 Å². The fourth-order valence-corrected chi connectivity index (χ4v) is 5.95. The van der Waals surface area contributed by atoms with Crippen LogP contribution in [-0.4, -0.2) is 112 Å². The number of nitrogens with zero attached hydrogens (tertiary/aromatic N) is 2. The summed E-state index contributed by atoms with van der Waals surface area (Å²) in [5, 5.41) is 0. The van der Waals surface area contributed by atoms with Gasteiger partial charge in [0.1, 0.15) is 23.7 Å². The van der Waals surface area contributed by atoms with Crippen LogP contribution in [-0.2, 0) is 57.1 Å². The van der Waals surface area contributed by atoms with Crippen LogP contribution < -0.4 is 15.2 Å². The van der Waals surface area contributed by atoms with Crippen molar-refractivity contribution in [3.8, 4) is 22.6 Å². The molecule has 0 saturated carbocycles. The quantitative estimate of drug-likeness (QED) is 0.142. The van der Waals surface area contributed by atoms with Crippen molar-refractivity contribution in [2.75, 3.05) is 46.4 Å². The van der Waals surface area contributed by atoms with E-state index in [1.54, 1.807) is 42.5 Å². The minimum atomic E-state index is -1.82. The van der Waals surface area contributed by atoms with Gasteiger partial charge in [0, 0.05) is 41.7 Å². The molecule has 4 atom stereocenters. The van der Waals surface area contributed by atoms with Crippen LogP contribution in [0.4, 0.5) is 5.82 Å². The maximum absolute atomic E-state index is 14.9. The van der Waals surface area contributed by atoms with Gasteiger partial charge in [0.25, 0.3) is 5.56 Å². The van der Waals surface area contributed by atoms with Crippen LogP contribution in [0.2, 0.25) is 0 Å². The maximum atomic E-state index is 14.9. The molecule has 1 heterocycles. The third-order valence-electron chi connectivity index (χ3n) is 8.09. The molecule has 0 aliphatic rings. The van der Waals surface area contributed by atoms with Crippen molar-refractivity contribution in [1.29, 1.82) is 0 Å². The Kier molecular flexibility index (Phi) is 15.9. The first-order valence-corrected chi connectivity index (χ1v) is 17.2. The largest absolute Gasteiger partial charge is 0.497 e. The second-order valence-electron chi connectivity index (χ2n) is 12.3. The first kappa shape index (κ1) is 44.7. The topological polar surface area (TPSA) is 219 Å². The molecule has 0 N–H and O–H groups in total. The summed E-state index contributed by atoms with van der Waals surface area (Å²) in [6.07, 6.45) is -6.91. The summed E-state index contributed by atoms with van der Waals surface area (Å²) in [7, 11) is 4.90. The van der Waals surface area contributed by atoms with Gasteiger partial charge in [-0.3, -0.25) is 33.3 Å². The number of likely N-dealkylation sites (N-methyl/N-ethyl adjacent to an activating group) is 1. The predicted octanol–water partition coefficient (Wildman–Crippen LogP) is 2.81. The van der Waals surface area contributed by atoms with Gasteiger partial charge in [-0.05, 0) is 29.8 Å². The molecule has 3 rings (SSSR count). The smallest absolute Gasteiger partial charge is 0.342 e. The van der Waals surface area contributed by atoms with Crippen molar-refractivity contribution in [2.24, 2.45) is 0 Å². The lowest BCUT2D eigenvalue weighted by Crippen LogP contribution is -2.55. The Morgan fingerprint density at radius 1 is 0.632 bits per heavy atom. The van der Waals surface area contributed by atoms with E-state index in [1.165, 1.54) is 31.2 Å². The molecule has 57 heavy (non-hydrogen) atoms. The highest BCUT2D eigenvalue weighted by atomic mass is 16.6. The normalized spacial score (nSPS) is 12.7. The summed E-state index contributed by atoms with van der Waals surface area (Å²) in [6.45, 7) is 3.83. The van der Waals surface area contributed by atoms with Gasteiger partial charge < -0.3 is 42.8 Å². The van der Waals surface area contributed by atoms with Crippen LogP contribution in [0.1, 0.15) is 55.3 Å². The van der Waals surface area contributed by atoms with Crippen molar-refractivity contribution < 1.29 is 71.5 Å². The van der Waals surface area contributed by atoms with Crippen molar-refractivity contribution in [1.82, 2.24) is 4.57 Å². The monoisotopic (exact) mass is 796 g/mol. The number of hydrogen-bond acceptors (Lipinski definition) is 17. The average molecular weight is 797 g/mol. The number of hydrogen-bond donors (Lipinski definition) is 0. The van der Waals surface area contributed by atoms with E-state index < -0.39 is 96.0 Å². The van der Waals surface area contributed by atoms with Crippen LogP contribution >= 0.6 is 0 Å². The molecular weight excluding hydrogens is 752 g/mol. The minimum absolute atomic E-state index is 0.163. The van der Waals surface area contributed by atoms with Crippen molar-refractivity contribution in [3.63, 3.8) is 0 Å². The highest BCUT2D eigenvalue weighted by Crippen LogP contribution is 2.34. The number of carbonyl (C=O) groups is 7. The zero-order valence-corrected chi connectivity index (χ0v) is 32.8. The summed E-state index contributed by atoms with van der Waals surface area (Å²) in [5.74, 6) is -6.65. The lowest BCUT2D eigenvalue weighted by Gasteiger charge is -2.37. The fourth-order valence-electron chi connectivity index (χ4n) is 5.95. The molecule has 0 fully saturated rings. The molecule has 18 heteroatoms. The second-order valence-corrected chi connectivity index (χ2v) is 12.3. The van der Waals surface area contributed by atoms with E-state index >= 15 is 0 Å². The van der Waals surface area contributed by atoms with E-state index in [9.17, 15) is 38.4 Å². The Balaban J connectivity index is 2.50. The molecule has 0 bridgehead atoms. The Hall–Kier alpha value is -6.72. The summed E-state index contributed by atoms with van der Waals surface area (Å²) >= 11 is 0. The van der Waals surface area contributed by atoms with Gasteiger partial charge in [-0.15, -0.1) is 0 Å². The third-order valence-corrected chi connectivity index (χ3v) is 8.09. The fraction of sp³-hybridized carbons (Fsp3) is 0.385. The molecule has 0 saturated heterocycles. The van der Waals surface area contributed by atoms with Crippen molar-refractivity contribution in [2.45, 2.75) is 59.0 Å². The number of pyridine rings is 1. The molecule has 0 unspecified atom stereocenters. The number of anilines is 1. The summed E-state index contributed by atoms with van der Waals surface area (Å²) < 4.78 is 43.9. The van der Waals surface area contributed by atoms with E-state index in [0.29, 0.717) is 5.75 Å². The highest BCUT2D eigenvalue weighted by Gasteiger charge is 2.45. The van der Waals surface area contributed by atoms with Gasteiger partial charge in [-0.2, -0.15) is 0 Å². The Morgan fingerprint density at radius 3 is 1.60 bits per heavy atom. The van der Waals surface area contributed by atoms with Crippen LogP contribution in [0, 0.1) is 0 Å². The molecule has 0 aliphatic carbocycles. The molecule has 2 aromatic carbocycles. The van der Waals surface area contributed by atoms with Gasteiger partial charge in [0.05, 0.1) is 44.7 Å². The van der Waals surface area contributed by atoms with E-state index in [2.05, 4.69) is 0 Å². The zero-order chi connectivity index (χ0) is 42.6.